The van der Waals surface area contributed by atoms with Gasteiger partial charge in [0.15, 0.2) is 0 Å². The fraction of sp³-hybridized carbons (Fsp3) is 0.649. The number of carbonyl (C=O) groups excluding carboxylic acids is 5. The Labute approximate surface area is 294 Å². The topological polar surface area (TPSA) is 173 Å². The highest BCUT2D eigenvalue weighted by Crippen LogP contribution is 2.34. The van der Waals surface area contributed by atoms with E-state index in [1.165, 1.54) is 36.1 Å². The number of aliphatic hydroxyl groups excluding tert-OH is 1. The molecule has 0 bridgehead atoms. The number of nitrogens with one attached hydrogen (secondary N) is 2. The molecule has 0 aromatic heterocycles. The highest BCUT2D eigenvalue weighted by Gasteiger charge is 2.50. The number of imide groups is 1. The summed E-state index contributed by atoms with van der Waals surface area (Å²) in [6, 6.07) is -0.483. The molecule has 0 spiro atoms. The van der Waals surface area contributed by atoms with Gasteiger partial charge >= 0.3 is 5.97 Å². The van der Waals surface area contributed by atoms with Gasteiger partial charge in [-0.15, -0.1) is 0 Å². The zero-order chi connectivity index (χ0) is 36.7. The molecule has 3 heterocycles. The van der Waals surface area contributed by atoms with Crippen molar-refractivity contribution < 1.29 is 48.0 Å². The number of esters is 1. The molecule has 4 rings (SSSR count). The lowest BCUT2D eigenvalue weighted by Crippen LogP contribution is -2.55. The van der Waals surface area contributed by atoms with E-state index in [4.69, 9.17) is 18.9 Å². The van der Waals surface area contributed by atoms with E-state index in [9.17, 15) is 29.1 Å². The van der Waals surface area contributed by atoms with E-state index in [1.54, 1.807) is 19.9 Å². The Hall–Kier alpha value is -3.65. The van der Waals surface area contributed by atoms with E-state index in [1.807, 2.05) is 26.8 Å². The molecule has 4 aliphatic rings. The third-order valence-corrected chi connectivity index (χ3v) is 9.72. The second kappa shape index (κ2) is 17.0. The SMILES string of the molecule is CC(=O)O[C@@H](C)/C=C\C(=O)N[C@@H]1C[C@H](C)[C@H](C/C=C(C)/C=C/[C@@H](O[C@@H](C)CC(=O)NC2CC(N3C(=O)C=CC3=O)C2)[C@@H](O)[C@@]2(C)CO2)O[C@@H]1C. The molecular formula is C37H53N3O10. The number of carbonyl (C=O) groups is 5. The number of hydrogen-bond donors (Lipinski definition) is 3. The number of hydrogen-bond acceptors (Lipinski definition) is 10. The number of aliphatic hydroxyl groups is 1. The van der Waals surface area contributed by atoms with Crippen LogP contribution in [0.25, 0.3) is 0 Å². The number of nitrogens with zero attached hydrogens (tertiary/aromatic N) is 1. The molecule has 4 amide bonds. The molecule has 1 aliphatic carbocycles. The quantitative estimate of drug-likeness (QED) is 0.0715. The van der Waals surface area contributed by atoms with Crippen LogP contribution in [0.1, 0.15) is 80.6 Å². The van der Waals surface area contributed by atoms with Crippen LogP contribution >= 0.6 is 0 Å². The molecule has 13 heteroatoms. The Balaban J connectivity index is 1.24. The van der Waals surface area contributed by atoms with Crippen molar-refractivity contribution in [2.45, 2.75) is 141 Å². The maximum absolute atomic E-state index is 12.8. The van der Waals surface area contributed by atoms with Crippen molar-refractivity contribution in [3.8, 4) is 0 Å². The summed E-state index contributed by atoms with van der Waals surface area (Å²) in [5, 5.41) is 17.0. The molecule has 13 nitrogen and oxygen atoms in total. The van der Waals surface area contributed by atoms with Gasteiger partial charge in [-0.05, 0) is 72.3 Å². The van der Waals surface area contributed by atoms with Gasteiger partial charge < -0.3 is 34.7 Å². The van der Waals surface area contributed by atoms with E-state index < -0.39 is 36.0 Å². The molecule has 0 radical (unpaired) electrons. The first-order valence-electron chi connectivity index (χ1n) is 17.5. The van der Waals surface area contributed by atoms with Gasteiger partial charge in [-0.25, -0.2) is 0 Å². The minimum atomic E-state index is -0.942. The Bertz CT molecular complexity index is 1380. The van der Waals surface area contributed by atoms with E-state index in [0.29, 0.717) is 25.9 Å². The zero-order valence-electron chi connectivity index (χ0n) is 30.1. The van der Waals surface area contributed by atoms with Crippen LogP contribution in [0.3, 0.4) is 0 Å². The van der Waals surface area contributed by atoms with Crippen LogP contribution in [0.4, 0.5) is 0 Å². The fourth-order valence-corrected chi connectivity index (χ4v) is 6.49. The predicted molar refractivity (Wildman–Crippen MR) is 183 cm³/mol. The number of allylic oxidation sites excluding steroid dienone is 2. The molecule has 0 aromatic carbocycles. The number of rotatable bonds is 16. The van der Waals surface area contributed by atoms with Crippen molar-refractivity contribution in [1.29, 1.82) is 0 Å². The molecule has 3 N–H and O–H groups in total. The van der Waals surface area contributed by atoms with Gasteiger partial charge in [0.05, 0.1) is 37.4 Å². The van der Waals surface area contributed by atoms with Crippen LogP contribution in [0.15, 0.2) is 48.1 Å². The fourth-order valence-electron chi connectivity index (χ4n) is 6.49. The van der Waals surface area contributed by atoms with E-state index >= 15 is 0 Å². The van der Waals surface area contributed by atoms with Crippen LogP contribution < -0.4 is 10.6 Å². The summed E-state index contributed by atoms with van der Waals surface area (Å²) in [6.07, 6.45) is 10.8. The zero-order valence-corrected chi connectivity index (χ0v) is 30.1. The average molecular weight is 700 g/mol. The molecule has 50 heavy (non-hydrogen) atoms. The summed E-state index contributed by atoms with van der Waals surface area (Å²) in [5.74, 6) is -1.33. The summed E-state index contributed by atoms with van der Waals surface area (Å²) in [6.45, 7) is 13.0. The normalized spacial score (nSPS) is 32.1. The van der Waals surface area contributed by atoms with E-state index in [-0.39, 0.29) is 66.3 Å². The largest absolute Gasteiger partial charge is 0.459 e. The minimum Gasteiger partial charge on any atom is -0.459 e. The predicted octanol–water partition coefficient (Wildman–Crippen LogP) is 2.57. The Morgan fingerprint density at radius 3 is 2.34 bits per heavy atom. The second-order valence-corrected chi connectivity index (χ2v) is 14.4. The maximum atomic E-state index is 12.8. The number of ether oxygens (including phenoxy) is 4. The third-order valence-electron chi connectivity index (χ3n) is 9.72. The summed E-state index contributed by atoms with van der Waals surface area (Å²) < 4.78 is 23.0. The van der Waals surface area contributed by atoms with Gasteiger partial charge in [-0.1, -0.05) is 30.7 Å². The van der Waals surface area contributed by atoms with Crippen molar-refractivity contribution >= 4 is 29.6 Å². The first-order valence-corrected chi connectivity index (χ1v) is 17.5. The Kier molecular flexibility index (Phi) is 13.3. The molecule has 2 saturated heterocycles. The summed E-state index contributed by atoms with van der Waals surface area (Å²) in [5.41, 5.74) is 0.229. The molecule has 9 atom stereocenters. The maximum Gasteiger partial charge on any atom is 0.303 e. The third kappa shape index (κ3) is 10.9. The summed E-state index contributed by atoms with van der Waals surface area (Å²) >= 11 is 0. The summed E-state index contributed by atoms with van der Waals surface area (Å²) in [7, 11) is 0. The van der Waals surface area contributed by atoms with Crippen LogP contribution in [-0.4, -0.2) is 107 Å². The average Bonchev–Trinajstić information content (AvgIpc) is 3.69. The monoisotopic (exact) mass is 699 g/mol. The van der Waals surface area contributed by atoms with Crippen LogP contribution in [-0.2, 0) is 42.9 Å². The van der Waals surface area contributed by atoms with Crippen molar-refractivity contribution in [2.24, 2.45) is 5.92 Å². The molecule has 3 fully saturated rings. The lowest BCUT2D eigenvalue weighted by molar-refractivity contribution is -0.144. The molecule has 0 aromatic rings. The van der Waals surface area contributed by atoms with Gasteiger partial charge in [0.25, 0.3) is 11.8 Å². The van der Waals surface area contributed by atoms with Crippen LogP contribution in [0.2, 0.25) is 0 Å². The molecule has 1 saturated carbocycles. The lowest BCUT2D eigenvalue weighted by Gasteiger charge is -2.40. The smallest absolute Gasteiger partial charge is 0.303 e. The van der Waals surface area contributed by atoms with Gasteiger partial charge in [0.1, 0.15) is 23.9 Å². The Morgan fingerprint density at radius 1 is 1.06 bits per heavy atom. The van der Waals surface area contributed by atoms with Crippen molar-refractivity contribution in [3.05, 3.63) is 48.1 Å². The first-order chi connectivity index (χ1) is 23.5. The van der Waals surface area contributed by atoms with Gasteiger partial charge in [0, 0.05) is 37.2 Å². The van der Waals surface area contributed by atoms with Crippen LogP contribution in [0, 0.1) is 5.92 Å². The molecule has 3 aliphatic heterocycles. The standard InChI is InChI=1S/C37H53N3O10/c1-21(8-11-30-22(2)16-29(25(5)50-30)39-32(42)13-10-23(3)48-26(6)41)9-12-31(36(46)37(7)20-47-37)49-24(4)17-33(43)38-27-18-28(19-27)40-34(44)14-15-35(40)45/h8-10,12-15,22-25,27-31,36,46H,11,16-20H2,1-7H3,(H,38,43)(H,39,42)/b12-9+,13-10-,21-8+/t22-,23-,24-,25+,27?,28?,29+,30-,31+,36+,37+/m0/s1. The second-order valence-electron chi connectivity index (χ2n) is 14.4. The van der Waals surface area contributed by atoms with Crippen molar-refractivity contribution in [3.63, 3.8) is 0 Å². The molecule has 276 valence electrons. The van der Waals surface area contributed by atoms with Crippen molar-refractivity contribution in [2.75, 3.05) is 6.61 Å². The highest BCUT2D eigenvalue weighted by atomic mass is 16.6. The number of amides is 4. The molecular weight excluding hydrogens is 646 g/mol. The first kappa shape index (κ1) is 39.1. The van der Waals surface area contributed by atoms with Gasteiger partial charge in [0.2, 0.25) is 11.8 Å². The minimum absolute atomic E-state index is 0.0464. The van der Waals surface area contributed by atoms with Crippen molar-refractivity contribution in [1.82, 2.24) is 15.5 Å². The van der Waals surface area contributed by atoms with E-state index in [0.717, 1.165) is 12.0 Å². The van der Waals surface area contributed by atoms with Crippen LogP contribution in [0.5, 0.6) is 0 Å². The molecule has 0 unspecified atom stereocenters. The summed E-state index contributed by atoms with van der Waals surface area (Å²) in [4.78, 5) is 61.3. The number of epoxide rings is 1. The van der Waals surface area contributed by atoms with Gasteiger partial charge in [-0.2, -0.15) is 0 Å². The van der Waals surface area contributed by atoms with E-state index in [2.05, 4.69) is 23.6 Å². The lowest BCUT2D eigenvalue weighted by atomic mass is 9.85. The highest BCUT2D eigenvalue weighted by molar-refractivity contribution is 6.13. The Morgan fingerprint density at radius 2 is 1.72 bits per heavy atom. The van der Waals surface area contributed by atoms with Gasteiger partial charge in [-0.3, -0.25) is 28.9 Å².